The monoisotopic (exact) mass is 354 g/mol. The molecule has 0 aliphatic rings. The van der Waals surface area contributed by atoms with Gasteiger partial charge in [-0.05, 0) is 63.4 Å². The molecular weight excluding hydrogens is 350 g/mol. The minimum absolute atomic E-state index is 0.949. The third-order valence-electron chi connectivity index (χ3n) is 1.09. The van der Waals surface area contributed by atoms with Gasteiger partial charge in [0.25, 0.3) is 0 Å². The second-order valence-corrected chi connectivity index (χ2v) is 4.10. The maximum Gasteiger partial charge on any atom is 0.0276 e. The molecule has 0 bridgehead atoms. The summed E-state index contributed by atoms with van der Waals surface area (Å²) in [6.45, 7) is 0. The van der Waals surface area contributed by atoms with E-state index in [1.807, 2.05) is 18.2 Å². The average molecular weight is 354 g/mol. The van der Waals surface area contributed by atoms with Gasteiger partial charge in [-0.25, -0.2) is 0 Å². The zero-order chi connectivity index (χ0) is 7.56. The van der Waals surface area contributed by atoms with E-state index >= 15 is 0 Å². The van der Waals surface area contributed by atoms with E-state index in [1.165, 1.54) is 7.14 Å². The first kappa shape index (κ1) is 8.34. The van der Waals surface area contributed by atoms with E-state index in [4.69, 9.17) is 6.42 Å². The van der Waals surface area contributed by atoms with Crippen molar-refractivity contribution in [2.45, 2.75) is 0 Å². The maximum absolute atomic E-state index is 5.21. The molecule has 0 unspecified atom stereocenters. The summed E-state index contributed by atoms with van der Waals surface area (Å²) in [5, 5.41) is 0. The van der Waals surface area contributed by atoms with Gasteiger partial charge in [-0.3, -0.25) is 0 Å². The van der Waals surface area contributed by atoms with E-state index < -0.39 is 0 Å². The van der Waals surface area contributed by atoms with Crippen molar-refractivity contribution in [2.24, 2.45) is 0 Å². The molecule has 2 heteroatoms. The van der Waals surface area contributed by atoms with Crippen molar-refractivity contribution in [1.29, 1.82) is 0 Å². The minimum Gasteiger partial charge on any atom is -0.115 e. The lowest BCUT2D eigenvalue weighted by molar-refractivity contribution is 1.54. The Morgan fingerprint density at radius 2 is 1.90 bits per heavy atom. The highest BCUT2D eigenvalue weighted by atomic mass is 127. The van der Waals surface area contributed by atoms with Gasteiger partial charge >= 0.3 is 0 Å². The van der Waals surface area contributed by atoms with E-state index in [9.17, 15) is 0 Å². The van der Waals surface area contributed by atoms with E-state index in [2.05, 4.69) is 51.1 Å². The third kappa shape index (κ3) is 1.86. The zero-order valence-electron chi connectivity index (χ0n) is 5.07. The first-order valence-corrected chi connectivity index (χ1v) is 4.81. The Bertz CT molecular complexity index is 284. The van der Waals surface area contributed by atoms with Gasteiger partial charge in [0.1, 0.15) is 0 Å². The number of rotatable bonds is 0. The third-order valence-corrected chi connectivity index (χ3v) is 3.95. The van der Waals surface area contributed by atoms with Crippen LogP contribution in [0.5, 0.6) is 0 Å². The first-order chi connectivity index (χ1) is 4.74. The number of hydrogen-bond donors (Lipinski definition) is 0. The van der Waals surface area contributed by atoms with Crippen LogP contribution < -0.4 is 0 Å². The average Bonchev–Trinajstić information content (AvgIpc) is 1.95. The second-order valence-electron chi connectivity index (χ2n) is 1.77. The summed E-state index contributed by atoms with van der Waals surface area (Å²) < 4.78 is 2.46. The highest BCUT2D eigenvalue weighted by Crippen LogP contribution is 2.15. The highest BCUT2D eigenvalue weighted by molar-refractivity contribution is 14.1. The number of hydrogen-bond acceptors (Lipinski definition) is 0. The topological polar surface area (TPSA) is 0 Å². The zero-order valence-corrected chi connectivity index (χ0v) is 9.38. The molecule has 0 spiro atoms. The molecule has 0 aliphatic heterocycles. The molecule has 0 radical (unpaired) electrons. The van der Waals surface area contributed by atoms with Crippen LogP contribution in [-0.4, -0.2) is 0 Å². The van der Waals surface area contributed by atoms with Crippen LogP contribution in [0.25, 0.3) is 0 Å². The number of benzene rings is 1. The van der Waals surface area contributed by atoms with Crippen LogP contribution in [0.4, 0.5) is 0 Å². The van der Waals surface area contributed by atoms with Crippen molar-refractivity contribution in [1.82, 2.24) is 0 Å². The molecule has 0 nitrogen and oxygen atoms in total. The fourth-order valence-electron chi connectivity index (χ4n) is 0.586. The molecule has 1 rings (SSSR count). The van der Waals surface area contributed by atoms with Gasteiger partial charge in [0.2, 0.25) is 0 Å². The summed E-state index contributed by atoms with van der Waals surface area (Å²) in [4.78, 5) is 0. The van der Waals surface area contributed by atoms with Gasteiger partial charge in [0.15, 0.2) is 0 Å². The molecule has 0 atom stereocenters. The van der Waals surface area contributed by atoms with Crippen LogP contribution in [-0.2, 0) is 0 Å². The summed E-state index contributed by atoms with van der Waals surface area (Å²) in [6.07, 6.45) is 5.21. The molecule has 0 N–H and O–H groups in total. The Hall–Kier alpha value is 0.240. The molecule has 0 aromatic heterocycles. The maximum atomic E-state index is 5.21. The normalized spacial score (nSPS) is 8.90. The molecule has 0 heterocycles. The van der Waals surface area contributed by atoms with Crippen molar-refractivity contribution >= 4 is 45.2 Å². The van der Waals surface area contributed by atoms with Gasteiger partial charge in [-0.2, -0.15) is 0 Å². The van der Waals surface area contributed by atoms with E-state index in [0.717, 1.165) is 5.56 Å². The first-order valence-electron chi connectivity index (χ1n) is 2.65. The van der Waals surface area contributed by atoms with Crippen LogP contribution in [0.1, 0.15) is 5.56 Å². The van der Waals surface area contributed by atoms with Gasteiger partial charge in [0.05, 0.1) is 0 Å². The standard InChI is InChI=1S/C8H4I2/c1-2-6-3-4-7(9)8(10)5-6/h1,3-5H. The Morgan fingerprint density at radius 3 is 2.40 bits per heavy atom. The molecule has 1 aromatic rings. The lowest BCUT2D eigenvalue weighted by atomic mass is 10.2. The summed E-state index contributed by atoms with van der Waals surface area (Å²) in [6, 6.07) is 5.98. The summed E-state index contributed by atoms with van der Waals surface area (Å²) in [5.41, 5.74) is 0.949. The Balaban J connectivity index is 3.20. The summed E-state index contributed by atoms with van der Waals surface area (Å²) in [7, 11) is 0. The minimum atomic E-state index is 0.949. The van der Waals surface area contributed by atoms with Crippen LogP contribution in [0.2, 0.25) is 0 Å². The van der Waals surface area contributed by atoms with Crippen molar-refractivity contribution < 1.29 is 0 Å². The second kappa shape index (κ2) is 3.58. The van der Waals surface area contributed by atoms with Gasteiger partial charge in [-0.1, -0.05) is 5.92 Å². The predicted molar refractivity (Wildman–Crippen MR) is 59.8 cm³/mol. The van der Waals surface area contributed by atoms with Crippen LogP contribution in [0.3, 0.4) is 0 Å². The highest BCUT2D eigenvalue weighted by Gasteiger charge is 1.94. The fourth-order valence-corrected chi connectivity index (χ4v) is 1.44. The lowest BCUT2D eigenvalue weighted by Gasteiger charge is -1.94. The summed E-state index contributed by atoms with van der Waals surface area (Å²) in [5.74, 6) is 2.59. The van der Waals surface area contributed by atoms with E-state index in [-0.39, 0.29) is 0 Å². The predicted octanol–water partition coefficient (Wildman–Crippen LogP) is 2.88. The van der Waals surface area contributed by atoms with Crippen molar-refractivity contribution in [3.05, 3.63) is 30.9 Å². The molecule has 0 saturated heterocycles. The molecule has 0 aliphatic carbocycles. The van der Waals surface area contributed by atoms with Gasteiger partial charge in [0, 0.05) is 12.7 Å². The van der Waals surface area contributed by atoms with Crippen LogP contribution >= 0.6 is 45.2 Å². The lowest BCUT2D eigenvalue weighted by Crippen LogP contribution is -1.80. The molecule has 10 heavy (non-hydrogen) atoms. The van der Waals surface area contributed by atoms with Crippen LogP contribution in [0, 0.1) is 19.5 Å². The van der Waals surface area contributed by atoms with E-state index in [0.29, 0.717) is 0 Å². The molecule has 50 valence electrons. The van der Waals surface area contributed by atoms with Crippen LogP contribution in [0.15, 0.2) is 18.2 Å². The summed E-state index contributed by atoms with van der Waals surface area (Å²) >= 11 is 4.55. The Kier molecular flexibility index (Phi) is 2.98. The Morgan fingerprint density at radius 1 is 1.20 bits per heavy atom. The molecule has 0 fully saturated rings. The molecule has 0 saturated carbocycles. The SMILES string of the molecule is C#Cc1ccc(I)c(I)c1. The van der Waals surface area contributed by atoms with E-state index in [1.54, 1.807) is 0 Å². The number of halogens is 2. The number of terminal acetylenes is 1. The Labute approximate surface area is 87.7 Å². The smallest absolute Gasteiger partial charge is 0.0276 e. The fraction of sp³-hybridized carbons (Fsp3) is 0. The molecule has 0 amide bonds. The molecular formula is C8H4I2. The molecule has 1 aromatic carbocycles. The van der Waals surface area contributed by atoms with Gasteiger partial charge < -0.3 is 0 Å². The quantitative estimate of drug-likeness (QED) is 0.497. The van der Waals surface area contributed by atoms with Gasteiger partial charge in [-0.15, -0.1) is 6.42 Å². The van der Waals surface area contributed by atoms with Crippen molar-refractivity contribution in [3.63, 3.8) is 0 Å². The van der Waals surface area contributed by atoms with Crippen molar-refractivity contribution in [2.75, 3.05) is 0 Å². The van der Waals surface area contributed by atoms with Crippen molar-refractivity contribution in [3.8, 4) is 12.3 Å². The largest absolute Gasteiger partial charge is 0.115 e.